The highest BCUT2D eigenvalue weighted by molar-refractivity contribution is 5.78. The van der Waals surface area contributed by atoms with E-state index < -0.39 is 0 Å². The van der Waals surface area contributed by atoms with E-state index in [1.54, 1.807) is 18.6 Å². The molecule has 0 saturated carbocycles. The van der Waals surface area contributed by atoms with E-state index in [1.165, 1.54) is 6.21 Å². The summed E-state index contributed by atoms with van der Waals surface area (Å²) in [5.74, 6) is 4.85. The van der Waals surface area contributed by atoms with Crippen LogP contribution in [0.25, 0.3) is 0 Å². The maximum Gasteiger partial charge on any atom is 0.0991 e. The summed E-state index contributed by atoms with van der Waals surface area (Å²) >= 11 is 0. The molecule has 0 bridgehead atoms. The Labute approximate surface area is 46.8 Å². The number of furan rings is 1. The van der Waals surface area contributed by atoms with Gasteiger partial charge in [0.05, 0.1) is 18.7 Å². The zero-order valence-electron chi connectivity index (χ0n) is 4.24. The van der Waals surface area contributed by atoms with Gasteiger partial charge in [0.25, 0.3) is 0 Å². The van der Waals surface area contributed by atoms with Gasteiger partial charge in [-0.3, -0.25) is 0 Å². The molecular weight excluding hydrogens is 104 g/mol. The Bertz CT molecular complexity index is 167. The predicted octanol–water partition coefficient (Wildman–Crippen LogP) is 0.572. The third-order valence-corrected chi connectivity index (χ3v) is 0.767. The molecule has 3 nitrogen and oxygen atoms in total. The number of hydrogen-bond acceptors (Lipinski definition) is 3. The minimum atomic E-state index is 0.882. The van der Waals surface area contributed by atoms with E-state index in [0.717, 1.165) is 5.56 Å². The minimum Gasteiger partial charge on any atom is -0.472 e. The Kier molecular flexibility index (Phi) is 1.32. The van der Waals surface area contributed by atoms with Crippen LogP contribution < -0.4 is 5.84 Å². The van der Waals surface area contributed by atoms with Crippen LogP contribution in [0.5, 0.6) is 0 Å². The smallest absolute Gasteiger partial charge is 0.0991 e. The standard InChI is InChI=1S/C5H6N2O/c6-7-3-5-1-2-8-4-5/h1-4H,6H2/b7-3+. The molecular formula is C5H6N2O. The molecule has 42 valence electrons. The molecule has 0 amide bonds. The molecule has 1 rings (SSSR count). The van der Waals surface area contributed by atoms with Gasteiger partial charge < -0.3 is 10.3 Å². The van der Waals surface area contributed by atoms with Crippen LogP contribution in [0.1, 0.15) is 5.56 Å². The van der Waals surface area contributed by atoms with Gasteiger partial charge in [-0.25, -0.2) is 0 Å². The first-order valence-electron chi connectivity index (χ1n) is 2.19. The first-order valence-corrected chi connectivity index (χ1v) is 2.19. The predicted molar refractivity (Wildman–Crippen MR) is 30.5 cm³/mol. The summed E-state index contributed by atoms with van der Waals surface area (Å²) in [5, 5.41) is 3.29. The molecule has 0 fully saturated rings. The average molecular weight is 110 g/mol. The molecule has 3 heteroatoms. The summed E-state index contributed by atoms with van der Waals surface area (Å²) in [5.41, 5.74) is 0.882. The van der Waals surface area contributed by atoms with Gasteiger partial charge in [0, 0.05) is 5.56 Å². The first-order chi connectivity index (χ1) is 3.93. The van der Waals surface area contributed by atoms with Gasteiger partial charge in [-0.05, 0) is 6.07 Å². The third kappa shape index (κ3) is 0.872. The summed E-state index contributed by atoms with van der Waals surface area (Å²) in [7, 11) is 0. The van der Waals surface area contributed by atoms with E-state index in [1.807, 2.05) is 0 Å². The molecule has 0 aromatic carbocycles. The van der Waals surface area contributed by atoms with Crippen molar-refractivity contribution in [3.63, 3.8) is 0 Å². The topological polar surface area (TPSA) is 51.5 Å². The van der Waals surface area contributed by atoms with E-state index in [-0.39, 0.29) is 0 Å². The van der Waals surface area contributed by atoms with Crippen molar-refractivity contribution in [2.75, 3.05) is 0 Å². The number of hydrazone groups is 1. The molecule has 2 N–H and O–H groups in total. The van der Waals surface area contributed by atoms with Gasteiger partial charge >= 0.3 is 0 Å². The largest absolute Gasteiger partial charge is 0.472 e. The molecule has 0 atom stereocenters. The lowest BCUT2D eigenvalue weighted by molar-refractivity contribution is 0.567. The lowest BCUT2D eigenvalue weighted by atomic mass is 10.4. The number of nitrogens with two attached hydrogens (primary N) is 1. The van der Waals surface area contributed by atoms with Crippen LogP contribution in [0.3, 0.4) is 0 Å². The fourth-order valence-corrected chi connectivity index (χ4v) is 0.435. The molecule has 1 heterocycles. The minimum absolute atomic E-state index is 0.882. The molecule has 0 aliphatic carbocycles. The fraction of sp³-hybridized carbons (Fsp3) is 0. The Morgan fingerprint density at radius 2 is 2.62 bits per heavy atom. The molecule has 1 aromatic rings. The second-order valence-electron chi connectivity index (χ2n) is 1.33. The van der Waals surface area contributed by atoms with Crippen LogP contribution in [0.15, 0.2) is 28.1 Å². The normalized spacial score (nSPS) is 10.5. The SMILES string of the molecule is N/N=C/c1ccoc1. The fourth-order valence-electron chi connectivity index (χ4n) is 0.435. The Balaban J connectivity index is 2.77. The molecule has 1 aromatic heterocycles. The van der Waals surface area contributed by atoms with Crippen LogP contribution in [0.2, 0.25) is 0 Å². The van der Waals surface area contributed by atoms with E-state index in [0.29, 0.717) is 0 Å². The van der Waals surface area contributed by atoms with E-state index in [9.17, 15) is 0 Å². The van der Waals surface area contributed by atoms with Gasteiger partial charge in [0.2, 0.25) is 0 Å². The Hall–Kier alpha value is -1.25. The second kappa shape index (κ2) is 2.16. The van der Waals surface area contributed by atoms with Crippen LogP contribution in [-0.2, 0) is 0 Å². The molecule has 0 aliphatic heterocycles. The van der Waals surface area contributed by atoms with Gasteiger partial charge in [-0.1, -0.05) is 0 Å². The average Bonchev–Trinajstić information content (AvgIpc) is 2.19. The van der Waals surface area contributed by atoms with Gasteiger partial charge in [-0.2, -0.15) is 5.10 Å². The molecule has 0 spiro atoms. The zero-order chi connectivity index (χ0) is 5.82. The third-order valence-electron chi connectivity index (χ3n) is 0.767. The summed E-state index contributed by atoms with van der Waals surface area (Å²) in [4.78, 5) is 0. The Morgan fingerprint density at radius 3 is 3.12 bits per heavy atom. The monoisotopic (exact) mass is 110 g/mol. The van der Waals surface area contributed by atoms with E-state index in [4.69, 9.17) is 10.3 Å². The Morgan fingerprint density at radius 1 is 1.75 bits per heavy atom. The van der Waals surface area contributed by atoms with Crippen molar-refractivity contribution in [3.8, 4) is 0 Å². The van der Waals surface area contributed by atoms with Crippen LogP contribution in [0, 0.1) is 0 Å². The summed E-state index contributed by atoms with van der Waals surface area (Å²) < 4.78 is 4.72. The van der Waals surface area contributed by atoms with E-state index in [2.05, 4.69) is 5.10 Å². The summed E-state index contributed by atoms with van der Waals surface area (Å²) in [6.45, 7) is 0. The van der Waals surface area contributed by atoms with Crippen molar-refractivity contribution < 1.29 is 4.42 Å². The van der Waals surface area contributed by atoms with Crippen LogP contribution in [-0.4, -0.2) is 6.21 Å². The molecule has 8 heavy (non-hydrogen) atoms. The van der Waals surface area contributed by atoms with Gasteiger partial charge in [-0.15, -0.1) is 0 Å². The molecule has 0 radical (unpaired) electrons. The van der Waals surface area contributed by atoms with Crippen molar-refractivity contribution in [2.45, 2.75) is 0 Å². The highest BCUT2D eigenvalue weighted by atomic mass is 16.3. The first kappa shape index (κ1) is 4.90. The molecule has 0 unspecified atom stereocenters. The van der Waals surface area contributed by atoms with E-state index >= 15 is 0 Å². The maximum atomic E-state index is 4.85. The quantitative estimate of drug-likeness (QED) is 0.326. The lowest BCUT2D eigenvalue weighted by Gasteiger charge is -1.73. The van der Waals surface area contributed by atoms with Gasteiger partial charge in [0.15, 0.2) is 0 Å². The van der Waals surface area contributed by atoms with Crippen molar-refractivity contribution in [2.24, 2.45) is 10.9 Å². The summed E-state index contributed by atoms with van der Waals surface area (Å²) in [6.07, 6.45) is 4.65. The zero-order valence-corrected chi connectivity index (χ0v) is 4.24. The maximum absolute atomic E-state index is 4.85. The van der Waals surface area contributed by atoms with Crippen molar-refractivity contribution in [1.29, 1.82) is 0 Å². The molecule has 0 saturated heterocycles. The molecule has 0 aliphatic rings. The lowest BCUT2D eigenvalue weighted by Crippen LogP contribution is -1.81. The highest BCUT2D eigenvalue weighted by Crippen LogP contribution is 1.93. The number of hydrogen-bond donors (Lipinski definition) is 1. The second-order valence-corrected chi connectivity index (χ2v) is 1.33. The number of nitrogens with zero attached hydrogens (tertiary/aromatic N) is 1. The van der Waals surface area contributed by atoms with Gasteiger partial charge in [0.1, 0.15) is 0 Å². The highest BCUT2D eigenvalue weighted by Gasteiger charge is 1.83. The van der Waals surface area contributed by atoms with Crippen LogP contribution >= 0.6 is 0 Å². The summed E-state index contributed by atoms with van der Waals surface area (Å²) in [6, 6.07) is 1.77. The van der Waals surface area contributed by atoms with Crippen LogP contribution in [0.4, 0.5) is 0 Å². The van der Waals surface area contributed by atoms with Crippen molar-refractivity contribution in [3.05, 3.63) is 24.2 Å². The van der Waals surface area contributed by atoms with Crippen molar-refractivity contribution in [1.82, 2.24) is 0 Å². The number of rotatable bonds is 1. The van der Waals surface area contributed by atoms with Crippen molar-refractivity contribution >= 4 is 6.21 Å².